The first-order chi connectivity index (χ1) is 20.5. The first kappa shape index (κ1) is 39.1. The molecule has 1 aromatic heterocycles. The Kier molecular flexibility index (Phi) is 13.3. The van der Waals surface area contributed by atoms with Crippen molar-refractivity contribution in [3.05, 3.63) is 45.5 Å². The molecule has 1 unspecified atom stereocenters. The van der Waals surface area contributed by atoms with Crippen LogP contribution < -0.4 is 0 Å². The summed E-state index contributed by atoms with van der Waals surface area (Å²) in [5, 5.41) is 2.69. The summed E-state index contributed by atoms with van der Waals surface area (Å²) in [6.07, 6.45) is 0.401. The summed E-state index contributed by atoms with van der Waals surface area (Å²) in [6.45, 7) is 23.6. The number of aromatic nitrogens is 1. The molecule has 0 fully saturated rings. The Morgan fingerprint density at radius 1 is 1.18 bits per heavy atom. The third-order valence-electron chi connectivity index (χ3n) is 9.75. The fourth-order valence-corrected chi connectivity index (χ4v) is 7.32. The SMILES string of the molecule is CCc1nc(/C=C(\C)C2C/C=C(/C(F)(F)F)C/C=C/[C@H](C)[C@H](O[Si](C)(C)C(C)(C)C)[C@@H](C)C(=O)C(C)(C)[C@@H](C)CC(=O)O2)cs1. The Balaban J connectivity index is 2.61. The minimum Gasteiger partial charge on any atom is -0.457 e. The van der Waals surface area contributed by atoms with Gasteiger partial charge in [-0.1, -0.05) is 80.5 Å². The Bertz CT molecular complexity index is 1270. The van der Waals surface area contributed by atoms with Crippen molar-refractivity contribution in [2.45, 2.75) is 131 Å². The number of thiazole rings is 1. The Hall–Kier alpha value is -2.04. The lowest BCUT2D eigenvalue weighted by Gasteiger charge is -2.43. The average Bonchev–Trinajstić information content (AvgIpc) is 3.37. The van der Waals surface area contributed by atoms with Crippen LogP contribution in [0.25, 0.3) is 6.08 Å². The van der Waals surface area contributed by atoms with Gasteiger partial charge in [-0.15, -0.1) is 11.3 Å². The molecule has 2 rings (SSSR count). The summed E-state index contributed by atoms with van der Waals surface area (Å²) in [5.41, 5.74) is -0.316. The topological polar surface area (TPSA) is 65.5 Å². The van der Waals surface area contributed by atoms with Crippen molar-refractivity contribution in [1.29, 1.82) is 0 Å². The lowest BCUT2D eigenvalue weighted by molar-refractivity contribution is -0.150. The number of ether oxygens (including phenoxy) is 1. The quantitative estimate of drug-likeness (QED) is 0.177. The van der Waals surface area contributed by atoms with Crippen LogP contribution in [0, 0.1) is 23.2 Å². The van der Waals surface area contributed by atoms with Gasteiger partial charge >= 0.3 is 12.1 Å². The number of ketones is 1. The molecule has 254 valence electrons. The lowest BCUT2D eigenvalue weighted by atomic mass is 9.69. The van der Waals surface area contributed by atoms with Crippen LogP contribution >= 0.6 is 11.3 Å². The number of nitrogens with zero attached hydrogens (tertiary/aromatic N) is 1. The second-order valence-electron chi connectivity index (χ2n) is 14.7. The molecule has 0 saturated carbocycles. The van der Waals surface area contributed by atoms with Gasteiger partial charge in [0.05, 0.1) is 16.8 Å². The van der Waals surface area contributed by atoms with Crippen molar-refractivity contribution in [3.8, 4) is 0 Å². The summed E-state index contributed by atoms with van der Waals surface area (Å²) in [7, 11) is -2.35. The predicted octanol–water partition coefficient (Wildman–Crippen LogP) is 10.1. The number of hydrogen-bond donors (Lipinski definition) is 0. The summed E-state index contributed by atoms with van der Waals surface area (Å²) in [5.74, 6) is -1.86. The minimum absolute atomic E-state index is 0.0439. The lowest BCUT2D eigenvalue weighted by Crippen LogP contribution is -2.50. The van der Waals surface area contributed by atoms with Gasteiger partial charge in [-0.25, -0.2) is 4.98 Å². The van der Waals surface area contributed by atoms with Crippen LogP contribution in [0.1, 0.15) is 99.2 Å². The van der Waals surface area contributed by atoms with E-state index >= 15 is 0 Å². The van der Waals surface area contributed by atoms with Gasteiger partial charge in [0.2, 0.25) is 0 Å². The number of halogens is 3. The molecule has 0 N–H and O–H groups in total. The highest BCUT2D eigenvalue weighted by Crippen LogP contribution is 2.42. The average molecular weight is 670 g/mol. The summed E-state index contributed by atoms with van der Waals surface area (Å²) >= 11 is 1.50. The van der Waals surface area contributed by atoms with Gasteiger partial charge in [0, 0.05) is 35.1 Å². The van der Waals surface area contributed by atoms with Crippen LogP contribution in [-0.2, 0) is 25.2 Å². The molecule has 1 aliphatic heterocycles. The highest BCUT2D eigenvalue weighted by molar-refractivity contribution is 7.09. The molecule has 0 saturated heterocycles. The van der Waals surface area contributed by atoms with Crippen LogP contribution in [0.5, 0.6) is 0 Å². The molecule has 0 aliphatic carbocycles. The fraction of sp³-hybridized carbons (Fsp3) is 0.686. The highest BCUT2D eigenvalue weighted by Gasteiger charge is 2.46. The summed E-state index contributed by atoms with van der Waals surface area (Å²) in [6, 6.07) is 0. The van der Waals surface area contributed by atoms with E-state index in [1.165, 1.54) is 17.4 Å². The van der Waals surface area contributed by atoms with Crippen LogP contribution in [0.4, 0.5) is 13.2 Å². The largest absolute Gasteiger partial charge is 0.457 e. The van der Waals surface area contributed by atoms with Crippen molar-refractivity contribution in [3.63, 3.8) is 0 Å². The molecule has 45 heavy (non-hydrogen) atoms. The van der Waals surface area contributed by atoms with Gasteiger partial charge < -0.3 is 9.16 Å². The number of cyclic esters (lactones) is 1. The van der Waals surface area contributed by atoms with E-state index < -0.39 is 49.6 Å². The molecule has 0 aromatic carbocycles. The van der Waals surface area contributed by atoms with E-state index in [-0.39, 0.29) is 41.9 Å². The Morgan fingerprint density at radius 3 is 2.33 bits per heavy atom. The maximum atomic E-state index is 14.2. The van der Waals surface area contributed by atoms with Crippen molar-refractivity contribution in [2.24, 2.45) is 23.2 Å². The third-order valence-corrected chi connectivity index (χ3v) is 15.2. The minimum atomic E-state index is -4.56. The van der Waals surface area contributed by atoms with Crippen molar-refractivity contribution in [2.75, 3.05) is 0 Å². The van der Waals surface area contributed by atoms with Crippen LogP contribution in [0.15, 0.2) is 34.8 Å². The van der Waals surface area contributed by atoms with Gasteiger partial charge in [-0.05, 0) is 61.4 Å². The monoisotopic (exact) mass is 669 g/mol. The zero-order valence-electron chi connectivity index (χ0n) is 29.2. The molecule has 0 amide bonds. The van der Waals surface area contributed by atoms with Gasteiger partial charge in [0.25, 0.3) is 0 Å². The number of rotatable bonds is 5. The molecule has 1 aromatic rings. The van der Waals surface area contributed by atoms with E-state index in [2.05, 4.69) is 38.8 Å². The van der Waals surface area contributed by atoms with E-state index in [9.17, 15) is 22.8 Å². The fourth-order valence-electron chi connectivity index (χ4n) is 5.16. The Morgan fingerprint density at radius 2 is 1.80 bits per heavy atom. The summed E-state index contributed by atoms with van der Waals surface area (Å²) in [4.78, 5) is 32.0. The van der Waals surface area contributed by atoms with Gasteiger partial charge in [0.1, 0.15) is 11.9 Å². The van der Waals surface area contributed by atoms with E-state index in [0.717, 1.165) is 17.5 Å². The molecule has 5 nitrogen and oxygen atoms in total. The zero-order chi connectivity index (χ0) is 34.5. The number of carbonyl (C=O) groups is 2. The first-order valence-electron chi connectivity index (χ1n) is 16.0. The maximum Gasteiger partial charge on any atom is 0.412 e. The normalized spacial score (nSPS) is 28.7. The number of aryl methyl sites for hydroxylation is 1. The number of Topliss-reactive ketones (excluding diaryl/α,β-unsaturated/α-hetero) is 1. The molecule has 0 radical (unpaired) electrons. The smallest absolute Gasteiger partial charge is 0.412 e. The van der Waals surface area contributed by atoms with E-state index in [0.29, 0.717) is 11.3 Å². The number of allylic oxidation sites excluding steroid dienone is 2. The molecule has 10 heteroatoms. The molecule has 2 heterocycles. The Labute approximate surface area is 273 Å². The third kappa shape index (κ3) is 10.5. The van der Waals surface area contributed by atoms with Gasteiger partial charge in [0.15, 0.2) is 8.32 Å². The van der Waals surface area contributed by atoms with Crippen LogP contribution in [0.2, 0.25) is 18.1 Å². The first-order valence-corrected chi connectivity index (χ1v) is 19.8. The molecular formula is C35H54F3NO4SSi. The van der Waals surface area contributed by atoms with Gasteiger partial charge in [-0.2, -0.15) is 13.2 Å². The van der Waals surface area contributed by atoms with Crippen molar-refractivity contribution in [1.82, 2.24) is 4.98 Å². The predicted molar refractivity (Wildman–Crippen MR) is 181 cm³/mol. The molecular weight excluding hydrogens is 616 g/mol. The number of carbonyl (C=O) groups excluding carboxylic acids is 2. The second-order valence-corrected chi connectivity index (χ2v) is 20.4. The highest BCUT2D eigenvalue weighted by atomic mass is 32.1. The standard InChI is InChI=1S/C35H54F3NO4SSi/c1-13-29-39-27(21-44-29)19-23(3)28-18-17-26(35(36,37)38)16-14-15-22(2)31(43-45(11,12)33(6,7)8)25(5)32(41)34(9,10)24(4)20-30(40)42-28/h14-15,17,19,21-22,24-25,28,31H,13,16,18,20H2,1-12H3/b15-14+,23-19+,26-17+/t22-,24-,25+,28?,31-/m0/s1. The number of esters is 1. The van der Waals surface area contributed by atoms with Gasteiger partial charge in [-0.3, -0.25) is 9.59 Å². The molecule has 0 spiro atoms. The number of alkyl halides is 3. The zero-order valence-corrected chi connectivity index (χ0v) is 31.0. The van der Waals surface area contributed by atoms with E-state index in [4.69, 9.17) is 9.16 Å². The van der Waals surface area contributed by atoms with Crippen molar-refractivity contribution >= 4 is 37.5 Å². The molecule has 0 bridgehead atoms. The van der Waals surface area contributed by atoms with E-state index in [1.54, 1.807) is 19.1 Å². The maximum absolute atomic E-state index is 14.2. The van der Waals surface area contributed by atoms with Crippen LogP contribution in [0.3, 0.4) is 0 Å². The van der Waals surface area contributed by atoms with E-state index in [1.807, 2.05) is 46.9 Å². The molecule has 1 aliphatic rings. The summed E-state index contributed by atoms with van der Waals surface area (Å²) < 4.78 is 55.3. The van der Waals surface area contributed by atoms with Crippen LogP contribution in [-0.4, -0.2) is 43.4 Å². The molecule has 5 atom stereocenters. The number of hydrogen-bond acceptors (Lipinski definition) is 6. The van der Waals surface area contributed by atoms with Crippen molar-refractivity contribution < 1.29 is 31.9 Å². The second kappa shape index (κ2) is 15.2.